The molecule has 1 aromatic carbocycles. The van der Waals surface area contributed by atoms with Crippen LogP contribution in [0.15, 0.2) is 35.4 Å². The van der Waals surface area contributed by atoms with E-state index < -0.39 is 0 Å². The minimum Gasteiger partial charge on any atom is -0.335 e. The number of fused-ring (bicyclic) bond motifs is 1. The summed E-state index contributed by atoms with van der Waals surface area (Å²) in [5, 5.41) is 6.62. The van der Waals surface area contributed by atoms with E-state index in [1.54, 1.807) is 17.0 Å². The highest BCUT2D eigenvalue weighted by Crippen LogP contribution is 2.33. The summed E-state index contributed by atoms with van der Waals surface area (Å²) < 4.78 is 1.80. The van der Waals surface area contributed by atoms with Gasteiger partial charge < -0.3 is 15.2 Å². The lowest BCUT2D eigenvalue weighted by Gasteiger charge is -2.20. The van der Waals surface area contributed by atoms with E-state index in [1.165, 1.54) is 11.1 Å². The molecule has 0 amide bonds. The molecule has 1 aliphatic carbocycles. The first kappa shape index (κ1) is 12.6. The fourth-order valence-corrected chi connectivity index (χ4v) is 2.93. The van der Waals surface area contributed by atoms with Crippen LogP contribution in [0.3, 0.4) is 0 Å². The van der Waals surface area contributed by atoms with Gasteiger partial charge in [0.1, 0.15) is 0 Å². The van der Waals surface area contributed by atoms with Crippen LogP contribution >= 0.6 is 0 Å². The topological polar surface area (TPSA) is 59.0 Å². The molecular formula is C16H18N4O. The molecule has 1 fully saturated rings. The summed E-state index contributed by atoms with van der Waals surface area (Å²) in [4.78, 5) is 16.7. The fourth-order valence-electron chi connectivity index (χ4n) is 2.93. The Kier molecular flexibility index (Phi) is 3.00. The predicted octanol–water partition coefficient (Wildman–Crippen LogP) is 1.97. The van der Waals surface area contributed by atoms with Crippen molar-refractivity contribution < 1.29 is 0 Å². The van der Waals surface area contributed by atoms with Crippen molar-refractivity contribution in [1.82, 2.24) is 14.9 Å². The van der Waals surface area contributed by atoms with Gasteiger partial charge in [-0.05, 0) is 43.0 Å². The van der Waals surface area contributed by atoms with Gasteiger partial charge in [-0.15, -0.1) is 0 Å². The van der Waals surface area contributed by atoms with Crippen LogP contribution in [0.4, 0.5) is 11.5 Å². The van der Waals surface area contributed by atoms with Crippen LogP contribution in [0.1, 0.15) is 30.0 Å². The lowest BCUT2D eigenvalue weighted by Crippen LogP contribution is -2.25. The Morgan fingerprint density at radius 3 is 3.10 bits per heavy atom. The van der Waals surface area contributed by atoms with E-state index >= 15 is 0 Å². The third kappa shape index (κ3) is 2.34. The second-order valence-electron chi connectivity index (χ2n) is 5.71. The Morgan fingerprint density at radius 2 is 2.24 bits per heavy atom. The van der Waals surface area contributed by atoms with E-state index in [0.29, 0.717) is 11.9 Å². The van der Waals surface area contributed by atoms with Gasteiger partial charge in [0.15, 0.2) is 5.82 Å². The minimum absolute atomic E-state index is 0.0217. The molecule has 2 aliphatic rings. The second-order valence-corrected chi connectivity index (χ2v) is 5.71. The Hall–Kier alpha value is -2.14. The number of hydrogen-bond acceptors (Lipinski definition) is 4. The van der Waals surface area contributed by atoms with Gasteiger partial charge in [-0.25, -0.2) is 4.98 Å². The van der Waals surface area contributed by atoms with Crippen LogP contribution < -0.4 is 16.2 Å². The predicted molar refractivity (Wildman–Crippen MR) is 81.9 cm³/mol. The number of nitrogens with zero attached hydrogens (tertiary/aromatic N) is 2. The lowest BCUT2D eigenvalue weighted by molar-refractivity contribution is 0.645. The summed E-state index contributed by atoms with van der Waals surface area (Å²) in [6.45, 7) is 1.86. The third-order valence-electron chi connectivity index (χ3n) is 4.20. The highest BCUT2D eigenvalue weighted by atomic mass is 16.1. The summed E-state index contributed by atoms with van der Waals surface area (Å²) in [6.07, 6.45) is 6.66. The molecule has 1 aliphatic heterocycles. The van der Waals surface area contributed by atoms with Gasteiger partial charge in [0, 0.05) is 30.7 Å². The van der Waals surface area contributed by atoms with E-state index in [9.17, 15) is 4.79 Å². The van der Waals surface area contributed by atoms with Crippen LogP contribution in [0.2, 0.25) is 0 Å². The zero-order chi connectivity index (χ0) is 14.2. The van der Waals surface area contributed by atoms with Crippen molar-refractivity contribution in [3.05, 3.63) is 52.1 Å². The number of benzene rings is 1. The van der Waals surface area contributed by atoms with Crippen molar-refractivity contribution >= 4 is 11.5 Å². The van der Waals surface area contributed by atoms with Gasteiger partial charge in [-0.2, -0.15) is 0 Å². The molecule has 0 spiro atoms. The van der Waals surface area contributed by atoms with Gasteiger partial charge in [0.2, 0.25) is 0 Å². The average Bonchev–Trinajstić information content (AvgIpc) is 3.34. The van der Waals surface area contributed by atoms with E-state index in [1.807, 2.05) is 12.1 Å². The van der Waals surface area contributed by atoms with Gasteiger partial charge in [0.25, 0.3) is 5.56 Å². The van der Waals surface area contributed by atoms with Crippen molar-refractivity contribution in [1.29, 1.82) is 0 Å². The molecule has 0 radical (unpaired) electrons. The van der Waals surface area contributed by atoms with Crippen LogP contribution in [0.5, 0.6) is 0 Å². The van der Waals surface area contributed by atoms with Crippen molar-refractivity contribution in [3.8, 4) is 0 Å². The summed E-state index contributed by atoms with van der Waals surface area (Å²) in [5.41, 5.74) is 3.57. The highest BCUT2D eigenvalue weighted by molar-refractivity contribution is 5.62. The molecular weight excluding hydrogens is 264 g/mol. The zero-order valence-electron chi connectivity index (χ0n) is 11.8. The van der Waals surface area contributed by atoms with Crippen molar-refractivity contribution in [2.45, 2.75) is 31.8 Å². The van der Waals surface area contributed by atoms with Gasteiger partial charge in [0.05, 0.1) is 0 Å². The summed E-state index contributed by atoms with van der Waals surface area (Å²) in [6, 6.07) is 6.55. The maximum atomic E-state index is 12.4. The lowest BCUT2D eigenvalue weighted by atomic mass is 9.99. The Morgan fingerprint density at radius 1 is 1.33 bits per heavy atom. The number of hydrogen-bond donors (Lipinski definition) is 2. The summed E-state index contributed by atoms with van der Waals surface area (Å²) in [7, 11) is 0. The molecule has 108 valence electrons. The Bertz CT molecular complexity index is 733. The van der Waals surface area contributed by atoms with Crippen LogP contribution in [0.25, 0.3) is 0 Å². The normalized spacial score (nSPS) is 17.3. The minimum atomic E-state index is -0.0217. The molecule has 5 nitrogen and oxygen atoms in total. The summed E-state index contributed by atoms with van der Waals surface area (Å²) >= 11 is 0. The molecule has 1 saturated carbocycles. The third-order valence-corrected chi connectivity index (χ3v) is 4.20. The van der Waals surface area contributed by atoms with E-state index in [-0.39, 0.29) is 5.56 Å². The smallest absolute Gasteiger partial charge is 0.293 e. The van der Waals surface area contributed by atoms with Crippen LogP contribution in [-0.4, -0.2) is 16.1 Å². The van der Waals surface area contributed by atoms with Gasteiger partial charge in [-0.3, -0.25) is 4.79 Å². The number of rotatable bonds is 3. The molecule has 21 heavy (non-hydrogen) atoms. The van der Waals surface area contributed by atoms with Crippen molar-refractivity contribution in [3.63, 3.8) is 0 Å². The van der Waals surface area contributed by atoms with Crippen LogP contribution in [0, 0.1) is 0 Å². The molecule has 1 aromatic heterocycles. The summed E-state index contributed by atoms with van der Waals surface area (Å²) in [5.74, 6) is 0.427. The van der Waals surface area contributed by atoms with Crippen LogP contribution in [-0.2, 0) is 13.0 Å². The second kappa shape index (κ2) is 5.00. The Balaban J connectivity index is 1.70. The molecule has 0 atom stereocenters. The maximum Gasteiger partial charge on any atom is 0.293 e. The molecule has 5 heteroatoms. The largest absolute Gasteiger partial charge is 0.335 e. The zero-order valence-corrected chi connectivity index (χ0v) is 11.8. The number of aromatic nitrogens is 2. The SMILES string of the molecule is O=c1c(Nc2cccc3c2CCNC3)nccn1C1CC1. The highest BCUT2D eigenvalue weighted by Gasteiger charge is 2.25. The molecule has 2 heterocycles. The average molecular weight is 282 g/mol. The van der Waals surface area contributed by atoms with E-state index in [2.05, 4.69) is 21.7 Å². The molecule has 0 unspecified atom stereocenters. The number of anilines is 2. The fraction of sp³-hybridized carbons (Fsp3) is 0.375. The van der Waals surface area contributed by atoms with Gasteiger partial charge >= 0.3 is 0 Å². The first-order chi connectivity index (χ1) is 10.3. The molecule has 2 aromatic rings. The van der Waals surface area contributed by atoms with Crippen molar-refractivity contribution in [2.24, 2.45) is 0 Å². The molecule has 2 N–H and O–H groups in total. The quantitative estimate of drug-likeness (QED) is 0.903. The van der Waals surface area contributed by atoms with E-state index in [4.69, 9.17) is 0 Å². The first-order valence-electron chi connectivity index (χ1n) is 7.48. The molecule has 0 saturated heterocycles. The molecule has 4 rings (SSSR count). The first-order valence-corrected chi connectivity index (χ1v) is 7.48. The Labute approximate surface area is 123 Å². The van der Waals surface area contributed by atoms with E-state index in [0.717, 1.165) is 38.0 Å². The maximum absolute atomic E-state index is 12.4. The van der Waals surface area contributed by atoms with Crippen molar-refractivity contribution in [2.75, 3.05) is 11.9 Å². The molecule has 0 bridgehead atoms. The number of nitrogens with one attached hydrogen (secondary N) is 2. The standard InChI is InChI=1S/C16H18N4O/c21-16-15(18-8-9-20(16)12-4-5-12)19-14-3-1-2-11-10-17-7-6-13(11)14/h1-3,8-9,12,17H,4-7,10H2,(H,18,19). The monoisotopic (exact) mass is 282 g/mol. The van der Waals surface area contributed by atoms with Gasteiger partial charge in [-0.1, -0.05) is 12.1 Å².